The summed E-state index contributed by atoms with van der Waals surface area (Å²) in [6.45, 7) is -0.528. The summed E-state index contributed by atoms with van der Waals surface area (Å²) in [5.74, 6) is -3.11. The molecule has 0 saturated carbocycles. The van der Waals surface area contributed by atoms with Crippen LogP contribution in [0.25, 0.3) is 0 Å². The monoisotopic (exact) mass is 490 g/mol. The molecule has 0 radical (unpaired) electrons. The average molecular weight is 490 g/mol. The summed E-state index contributed by atoms with van der Waals surface area (Å²) in [4.78, 5) is 48.6. The number of pyridine rings is 1. The second-order valence-electron chi connectivity index (χ2n) is 5.85. The van der Waals surface area contributed by atoms with Crippen LogP contribution in [-0.2, 0) is 19.2 Å². The number of carbonyl (C=O) groups is 4. The van der Waals surface area contributed by atoms with E-state index in [9.17, 15) is 19.2 Å². The van der Waals surface area contributed by atoms with E-state index in [4.69, 9.17) is 15.9 Å². The molecule has 0 aliphatic heterocycles. The van der Waals surface area contributed by atoms with Crippen LogP contribution in [-0.4, -0.2) is 76.8 Å². The van der Waals surface area contributed by atoms with Crippen molar-refractivity contribution >= 4 is 47.3 Å². The summed E-state index contributed by atoms with van der Waals surface area (Å²) < 4.78 is 0. The quantitative estimate of drug-likeness (QED) is 0.266. The molecule has 0 aromatic carbocycles. The summed E-state index contributed by atoms with van der Waals surface area (Å²) in [5, 5.41) is 22.0. The number of aliphatic carboxylic acids is 2. The van der Waals surface area contributed by atoms with Gasteiger partial charge in [-0.3, -0.25) is 4.98 Å². The van der Waals surface area contributed by atoms with E-state index in [1.54, 1.807) is 22.4 Å². The van der Waals surface area contributed by atoms with Crippen LogP contribution in [0.2, 0.25) is 11.4 Å². The second kappa shape index (κ2) is 15.8. The maximum absolute atomic E-state index is 11.9. The minimum absolute atomic E-state index is 0.0445. The van der Waals surface area contributed by atoms with Crippen LogP contribution < -0.4 is 16.4 Å². The zero-order valence-electron chi connectivity index (χ0n) is 16.3. The number of nitrogens with zero attached hydrogens (tertiary/aromatic N) is 1. The van der Waals surface area contributed by atoms with Gasteiger partial charge in [0.15, 0.2) is 0 Å². The number of hydrogen-bond donors (Lipinski definition) is 5. The molecule has 2 atom stereocenters. The van der Waals surface area contributed by atoms with Crippen molar-refractivity contribution in [1.29, 1.82) is 0 Å². The Morgan fingerprint density at radius 3 is 2.17 bits per heavy atom. The van der Waals surface area contributed by atoms with Crippen LogP contribution >= 0.6 is 10.0 Å². The average Bonchev–Trinajstić information content (AvgIpc) is 2.68. The minimum Gasteiger partial charge on any atom is -0.265 e. The van der Waals surface area contributed by atoms with Gasteiger partial charge in [0, 0.05) is 12.4 Å². The molecule has 1 heterocycles. The van der Waals surface area contributed by atoms with E-state index in [0.29, 0.717) is 5.75 Å². The number of amides is 2. The molecule has 0 bridgehead atoms. The first-order chi connectivity index (χ1) is 13.6. The molecule has 1 aromatic rings. The molecule has 6 N–H and O–H groups in total. The van der Waals surface area contributed by atoms with Crippen LogP contribution in [0, 0.1) is 0 Å². The number of aromatic nitrogens is 1. The second-order valence-corrected chi connectivity index (χ2v) is 15.3. The molecule has 0 aliphatic rings. The number of hydrogen-bond acceptors (Lipinski definition) is 7. The normalized spacial score (nSPS) is 12.1. The van der Waals surface area contributed by atoms with Crippen LogP contribution in [0.3, 0.4) is 0 Å². The molecule has 162 valence electrons. The fraction of sp³-hybridized carbons (Fsp3) is 0.471. The smallest absolute Gasteiger partial charge is 0.0267 e. The van der Waals surface area contributed by atoms with E-state index in [2.05, 4.69) is 27.0 Å². The predicted molar refractivity (Wildman–Crippen MR) is 112 cm³/mol. The molecular weight excluding hydrogens is 463 g/mol. The Morgan fingerprint density at radius 1 is 1.14 bits per heavy atom. The molecular formula is C17H27AsN4O6S. The molecule has 2 amide bonds. The Balaban J connectivity index is 0.00000110. The topological polar surface area (TPSA) is 172 Å². The third-order valence-electron chi connectivity index (χ3n) is 3.13. The summed E-state index contributed by atoms with van der Waals surface area (Å²) in [6, 6.07) is 3.72. The maximum atomic E-state index is 11.9. The molecule has 0 fully saturated rings. The van der Waals surface area contributed by atoms with Crippen molar-refractivity contribution in [3.05, 3.63) is 30.6 Å². The first-order valence-electron chi connectivity index (χ1n) is 8.56. The zero-order valence-corrected chi connectivity index (χ0v) is 19.0. The summed E-state index contributed by atoms with van der Waals surface area (Å²) >= 11 is -1.09. The number of rotatable bonds is 11. The fourth-order valence-electron chi connectivity index (χ4n) is 1.68. The first kappa shape index (κ1) is 26.9. The van der Waals surface area contributed by atoms with Gasteiger partial charge in [0.05, 0.1) is 0 Å². The van der Waals surface area contributed by atoms with Crippen molar-refractivity contribution in [2.75, 3.05) is 12.3 Å². The van der Waals surface area contributed by atoms with Gasteiger partial charge in [-0.15, -0.1) is 0 Å². The summed E-state index contributed by atoms with van der Waals surface area (Å²) in [5.41, 5.74) is 9.45. The zero-order chi connectivity index (χ0) is 22.2. The Kier molecular flexibility index (Phi) is 14.6. The van der Waals surface area contributed by atoms with Crippen molar-refractivity contribution in [2.24, 2.45) is 5.73 Å². The third kappa shape index (κ3) is 15.5. The number of carboxylic acids is 2. The third-order valence-corrected chi connectivity index (χ3v) is 8.32. The van der Waals surface area contributed by atoms with E-state index in [0.717, 1.165) is 0 Å². The molecule has 1 aromatic heterocycles. The maximum Gasteiger partial charge on any atom is 0.0267 e. The van der Waals surface area contributed by atoms with Gasteiger partial charge >= 0.3 is 142 Å². The van der Waals surface area contributed by atoms with Crippen LogP contribution in [0.15, 0.2) is 30.6 Å². The summed E-state index contributed by atoms with van der Waals surface area (Å²) in [6.07, 6.45) is 3.33. The van der Waals surface area contributed by atoms with Crippen molar-refractivity contribution in [3.63, 3.8) is 0 Å². The van der Waals surface area contributed by atoms with E-state index < -0.39 is 55.9 Å². The number of nitrogens with one attached hydrogen (secondary N) is 2. The predicted octanol–water partition coefficient (Wildman–Crippen LogP) is -0.0700. The molecule has 0 spiro atoms. The Labute approximate surface area is 177 Å². The van der Waals surface area contributed by atoms with E-state index in [-0.39, 0.29) is 12.8 Å². The van der Waals surface area contributed by atoms with Gasteiger partial charge in [-0.05, 0) is 12.1 Å². The Bertz CT molecular complexity index is 623. The number of carboxylic acid groups (broad SMARTS) is 2. The molecule has 10 nitrogen and oxygen atoms in total. The van der Waals surface area contributed by atoms with Crippen molar-refractivity contribution < 1.29 is 29.4 Å². The molecule has 0 aliphatic carbocycles. The number of nitrogens with two attached hydrogens (primary N) is 1. The van der Waals surface area contributed by atoms with Gasteiger partial charge < -0.3 is 0 Å². The molecule has 1 rings (SSSR count). The van der Waals surface area contributed by atoms with Crippen molar-refractivity contribution in [2.45, 2.75) is 36.3 Å². The fourth-order valence-corrected chi connectivity index (χ4v) is 5.18. The first-order valence-corrected chi connectivity index (χ1v) is 15.5. The molecule has 12 heteroatoms. The number of carbonyl (C=O) groups excluding carboxylic acids is 2. The standard InChI is InChI=1S/C12H22AsN3O6S.C5H5N/c1-13(2)23-6-8(11(20)15-5-10(18)19)16-9(17)4-3-7(14)12(21)22;1-2-4-6-5-3-1/h7-8H,3-6,14H2,1-2H3,(H,15,20)(H,16,17)(H,18,19)(H,21,22);1-5H. The minimum atomic E-state index is -1.20. The Hall–Kier alpha value is -2.10. The van der Waals surface area contributed by atoms with Gasteiger partial charge in [-0.1, -0.05) is 6.07 Å². The summed E-state index contributed by atoms with van der Waals surface area (Å²) in [7, 11) is 1.58. The van der Waals surface area contributed by atoms with Crippen molar-refractivity contribution in [1.82, 2.24) is 15.6 Å². The Morgan fingerprint density at radius 2 is 1.76 bits per heavy atom. The molecule has 0 saturated heterocycles. The van der Waals surface area contributed by atoms with Gasteiger partial charge in [0.25, 0.3) is 0 Å². The van der Waals surface area contributed by atoms with Gasteiger partial charge in [-0.25, -0.2) is 0 Å². The van der Waals surface area contributed by atoms with E-state index in [1.165, 1.54) is 0 Å². The van der Waals surface area contributed by atoms with Gasteiger partial charge in [-0.2, -0.15) is 0 Å². The SMILES string of the molecule is C[As](C)SCC(NC(=O)CCC(N)C(=O)O)C(=O)NCC(=O)O.c1ccncc1. The molecule has 2 unspecified atom stereocenters. The van der Waals surface area contributed by atoms with E-state index >= 15 is 0 Å². The van der Waals surface area contributed by atoms with Gasteiger partial charge in [0.1, 0.15) is 0 Å². The van der Waals surface area contributed by atoms with E-state index in [1.807, 2.05) is 18.2 Å². The van der Waals surface area contributed by atoms with Crippen LogP contribution in [0.4, 0.5) is 0 Å². The van der Waals surface area contributed by atoms with Gasteiger partial charge in [0.2, 0.25) is 0 Å². The van der Waals surface area contributed by atoms with Crippen molar-refractivity contribution in [3.8, 4) is 0 Å². The van der Waals surface area contributed by atoms with Crippen LogP contribution in [0.5, 0.6) is 0 Å². The molecule has 29 heavy (non-hydrogen) atoms. The largest absolute Gasteiger partial charge is 0.265 e. The van der Waals surface area contributed by atoms with Crippen LogP contribution in [0.1, 0.15) is 12.8 Å².